The minimum atomic E-state index is -1.19. The largest absolute Gasteiger partial charge is 0.465 e. The first kappa shape index (κ1) is 15.2. The number of hydrogen-bond acceptors (Lipinski definition) is 3. The molecule has 0 spiro atoms. The van der Waals surface area contributed by atoms with Crippen molar-refractivity contribution in [2.75, 3.05) is 19.7 Å². The highest BCUT2D eigenvalue weighted by Crippen LogP contribution is 2.26. The predicted molar refractivity (Wildman–Crippen MR) is 70.8 cm³/mol. The van der Waals surface area contributed by atoms with Crippen molar-refractivity contribution in [1.29, 1.82) is 0 Å². The van der Waals surface area contributed by atoms with Crippen LogP contribution in [0.3, 0.4) is 0 Å². The van der Waals surface area contributed by atoms with E-state index in [1.807, 2.05) is 0 Å². The number of carbonyl (C=O) groups is 1. The second-order valence-electron chi connectivity index (χ2n) is 3.64. The average molecular weight is 339 g/mol. The number of nitrogens with zero attached hydrogens (tertiary/aromatic N) is 1. The zero-order chi connectivity index (χ0) is 13.7. The van der Waals surface area contributed by atoms with Crippen molar-refractivity contribution in [3.8, 4) is 0 Å². The Morgan fingerprint density at radius 3 is 2.67 bits per heavy atom. The highest BCUT2D eigenvalue weighted by atomic mass is 79.9. The lowest BCUT2D eigenvalue weighted by molar-refractivity contribution is 0.0872. The molecule has 1 unspecified atom stereocenters. The first-order chi connectivity index (χ1) is 8.45. The van der Waals surface area contributed by atoms with Crippen LogP contribution in [0.25, 0.3) is 0 Å². The molecule has 0 aromatic heterocycles. The van der Waals surface area contributed by atoms with Gasteiger partial charge >= 0.3 is 6.09 Å². The van der Waals surface area contributed by atoms with E-state index in [1.165, 1.54) is 0 Å². The molecule has 1 aromatic carbocycles. The molecule has 0 aliphatic heterocycles. The molecule has 3 N–H and O–H groups in total. The molecule has 7 heteroatoms. The van der Waals surface area contributed by atoms with E-state index in [0.717, 1.165) is 4.90 Å². The van der Waals surface area contributed by atoms with Crippen molar-refractivity contribution in [2.24, 2.45) is 0 Å². The van der Waals surface area contributed by atoms with Crippen LogP contribution in [0.5, 0.6) is 0 Å². The Balaban J connectivity index is 2.76. The van der Waals surface area contributed by atoms with Crippen molar-refractivity contribution in [2.45, 2.75) is 6.10 Å². The van der Waals surface area contributed by atoms with Crippen molar-refractivity contribution in [3.63, 3.8) is 0 Å². The second-order valence-corrected chi connectivity index (χ2v) is 4.90. The molecule has 1 amide bonds. The van der Waals surface area contributed by atoms with E-state index >= 15 is 0 Å². The fourth-order valence-corrected chi connectivity index (χ4v) is 1.86. The summed E-state index contributed by atoms with van der Waals surface area (Å²) in [5.74, 6) is 0. The molecule has 0 heterocycles. The smallest absolute Gasteiger partial charge is 0.407 e. The number of hydrogen-bond donors (Lipinski definition) is 3. The molecule has 100 valence electrons. The van der Waals surface area contributed by atoms with Crippen molar-refractivity contribution in [3.05, 3.63) is 33.3 Å². The summed E-state index contributed by atoms with van der Waals surface area (Å²) in [6.45, 7) is -0.454. The van der Waals surface area contributed by atoms with E-state index in [9.17, 15) is 9.90 Å². The molecule has 0 fully saturated rings. The summed E-state index contributed by atoms with van der Waals surface area (Å²) in [6.07, 6.45) is -2.18. The van der Waals surface area contributed by atoms with Gasteiger partial charge in [0.05, 0.1) is 24.3 Å². The molecule has 0 aliphatic carbocycles. The molecule has 1 rings (SSSR count). The van der Waals surface area contributed by atoms with Gasteiger partial charge in [-0.1, -0.05) is 17.7 Å². The topological polar surface area (TPSA) is 81.0 Å². The first-order valence-corrected chi connectivity index (χ1v) is 6.34. The van der Waals surface area contributed by atoms with Gasteiger partial charge in [0, 0.05) is 11.0 Å². The molecule has 1 atom stereocenters. The van der Waals surface area contributed by atoms with Gasteiger partial charge in [0.25, 0.3) is 0 Å². The molecule has 1 aromatic rings. The summed E-state index contributed by atoms with van der Waals surface area (Å²) >= 11 is 9.12. The molecule has 0 bridgehead atoms. The van der Waals surface area contributed by atoms with Crippen LogP contribution in [0.4, 0.5) is 4.79 Å². The number of aliphatic hydroxyl groups excluding tert-OH is 2. The van der Waals surface area contributed by atoms with Gasteiger partial charge in [0.2, 0.25) is 0 Å². The van der Waals surface area contributed by atoms with Gasteiger partial charge in [-0.3, -0.25) is 0 Å². The van der Waals surface area contributed by atoms with E-state index in [4.69, 9.17) is 21.8 Å². The lowest BCUT2D eigenvalue weighted by Crippen LogP contribution is -2.35. The summed E-state index contributed by atoms with van der Waals surface area (Å²) in [5.41, 5.74) is 0.521. The van der Waals surface area contributed by atoms with Crippen molar-refractivity contribution < 1.29 is 20.1 Å². The van der Waals surface area contributed by atoms with Crippen LogP contribution in [0.2, 0.25) is 5.02 Å². The minimum Gasteiger partial charge on any atom is -0.465 e. The summed E-state index contributed by atoms with van der Waals surface area (Å²) in [5, 5.41) is 28.0. The average Bonchev–Trinajstić information content (AvgIpc) is 2.31. The zero-order valence-electron chi connectivity index (χ0n) is 9.38. The third kappa shape index (κ3) is 4.13. The molecule has 0 saturated heterocycles. The highest BCUT2D eigenvalue weighted by Gasteiger charge is 2.17. The van der Waals surface area contributed by atoms with E-state index in [-0.39, 0.29) is 19.7 Å². The third-order valence-electron chi connectivity index (χ3n) is 2.36. The van der Waals surface area contributed by atoms with Crippen molar-refractivity contribution >= 4 is 33.6 Å². The van der Waals surface area contributed by atoms with Gasteiger partial charge in [-0.25, -0.2) is 4.79 Å². The molecule has 0 saturated carbocycles. The van der Waals surface area contributed by atoms with Crippen LogP contribution in [0, 0.1) is 0 Å². The standard InChI is InChI=1S/C11H13BrClNO4/c12-8-2-1-7(5-9(8)13)10(16)6-14(3-4-15)11(17)18/h1-2,5,10,15-16H,3-4,6H2,(H,17,18). The number of halogens is 2. The van der Waals surface area contributed by atoms with Crippen LogP contribution in [0.15, 0.2) is 22.7 Å². The van der Waals surface area contributed by atoms with Crippen LogP contribution < -0.4 is 0 Å². The Bertz CT molecular complexity index is 430. The number of aliphatic hydroxyl groups is 2. The lowest BCUT2D eigenvalue weighted by Gasteiger charge is -2.21. The van der Waals surface area contributed by atoms with Gasteiger partial charge < -0.3 is 20.2 Å². The molecule has 0 radical (unpaired) electrons. The molecule has 5 nitrogen and oxygen atoms in total. The lowest BCUT2D eigenvalue weighted by atomic mass is 10.1. The van der Waals surface area contributed by atoms with Gasteiger partial charge in [0.1, 0.15) is 0 Å². The number of amides is 1. The quantitative estimate of drug-likeness (QED) is 0.768. The highest BCUT2D eigenvalue weighted by molar-refractivity contribution is 9.10. The Labute approximate surface area is 118 Å². The minimum absolute atomic E-state index is 0.0450. The van der Waals surface area contributed by atoms with Crippen molar-refractivity contribution in [1.82, 2.24) is 4.90 Å². The molecule has 18 heavy (non-hydrogen) atoms. The van der Waals surface area contributed by atoms with E-state index in [0.29, 0.717) is 15.1 Å². The van der Waals surface area contributed by atoms with E-state index in [1.54, 1.807) is 18.2 Å². The first-order valence-electron chi connectivity index (χ1n) is 5.17. The maximum absolute atomic E-state index is 10.8. The summed E-state index contributed by atoms with van der Waals surface area (Å²) in [4.78, 5) is 11.8. The normalized spacial score (nSPS) is 12.2. The number of benzene rings is 1. The monoisotopic (exact) mass is 337 g/mol. The Kier molecular flexibility index (Phi) is 5.87. The molecular formula is C11H13BrClNO4. The Morgan fingerprint density at radius 1 is 1.50 bits per heavy atom. The maximum Gasteiger partial charge on any atom is 0.407 e. The molecule has 0 aliphatic rings. The summed E-state index contributed by atoms with van der Waals surface area (Å²) in [7, 11) is 0. The molecular weight excluding hydrogens is 325 g/mol. The van der Waals surface area contributed by atoms with Gasteiger partial charge in [-0.15, -0.1) is 0 Å². The zero-order valence-corrected chi connectivity index (χ0v) is 11.7. The SMILES string of the molecule is O=C(O)N(CCO)CC(O)c1ccc(Br)c(Cl)c1. The third-order valence-corrected chi connectivity index (χ3v) is 3.59. The van der Waals surface area contributed by atoms with Gasteiger partial charge in [0.15, 0.2) is 0 Å². The summed E-state index contributed by atoms with van der Waals surface area (Å²) in [6, 6.07) is 4.90. The fourth-order valence-electron chi connectivity index (χ4n) is 1.42. The van der Waals surface area contributed by atoms with Crippen LogP contribution >= 0.6 is 27.5 Å². The van der Waals surface area contributed by atoms with Gasteiger partial charge in [-0.05, 0) is 33.6 Å². The van der Waals surface area contributed by atoms with Gasteiger partial charge in [-0.2, -0.15) is 0 Å². The van der Waals surface area contributed by atoms with E-state index in [2.05, 4.69) is 15.9 Å². The Morgan fingerprint density at radius 2 is 2.17 bits per heavy atom. The number of rotatable bonds is 5. The summed E-state index contributed by atoms with van der Waals surface area (Å²) < 4.78 is 0.700. The fraction of sp³-hybridized carbons (Fsp3) is 0.364. The van der Waals surface area contributed by atoms with Crippen LogP contribution in [-0.2, 0) is 0 Å². The predicted octanol–water partition coefficient (Wildman–Crippen LogP) is 2.11. The number of carboxylic acid groups (broad SMARTS) is 1. The van der Waals surface area contributed by atoms with Crippen LogP contribution in [-0.4, -0.2) is 46.0 Å². The second kappa shape index (κ2) is 6.94. The maximum atomic E-state index is 10.8. The van der Waals surface area contributed by atoms with Crippen LogP contribution in [0.1, 0.15) is 11.7 Å². The Hall–Kier alpha value is -0.820. The van der Waals surface area contributed by atoms with E-state index < -0.39 is 12.2 Å².